The maximum atomic E-state index is 5.44. The Bertz CT molecular complexity index is 773. The SMILES string of the molecule is CCc1noc(CC)c1CNC(=NC)NCc1ccc(N2CCC(C)CC2)cc1.I. The quantitative estimate of drug-likeness (QED) is 0.316. The number of rotatable bonds is 7. The van der Waals surface area contributed by atoms with E-state index in [1.165, 1.54) is 24.1 Å². The molecule has 0 spiro atoms. The number of hydrogen-bond donors (Lipinski definition) is 2. The first kappa shape index (κ1) is 24.5. The van der Waals surface area contributed by atoms with Gasteiger partial charge in [-0.25, -0.2) is 0 Å². The molecule has 166 valence electrons. The first-order chi connectivity index (χ1) is 14.1. The van der Waals surface area contributed by atoms with Crippen molar-refractivity contribution in [3.05, 3.63) is 46.8 Å². The minimum absolute atomic E-state index is 0. The van der Waals surface area contributed by atoms with Gasteiger partial charge in [-0.2, -0.15) is 0 Å². The molecule has 2 N–H and O–H groups in total. The summed E-state index contributed by atoms with van der Waals surface area (Å²) >= 11 is 0. The van der Waals surface area contributed by atoms with Crippen molar-refractivity contribution in [3.8, 4) is 0 Å². The van der Waals surface area contributed by atoms with Gasteiger partial charge >= 0.3 is 0 Å². The van der Waals surface area contributed by atoms with Crippen molar-refractivity contribution in [3.63, 3.8) is 0 Å². The number of nitrogens with one attached hydrogen (secondary N) is 2. The molecule has 30 heavy (non-hydrogen) atoms. The minimum atomic E-state index is 0. The Kier molecular flexibility index (Phi) is 9.94. The molecule has 0 bridgehead atoms. The van der Waals surface area contributed by atoms with Crippen molar-refractivity contribution in [2.45, 2.75) is 59.5 Å². The molecule has 7 heteroatoms. The molecule has 0 amide bonds. The largest absolute Gasteiger partial charge is 0.372 e. The Hall–Kier alpha value is -1.77. The van der Waals surface area contributed by atoms with E-state index in [2.05, 4.69) is 70.7 Å². The Balaban J connectivity index is 0.00000320. The molecule has 2 heterocycles. The Morgan fingerprint density at radius 1 is 1.10 bits per heavy atom. The summed E-state index contributed by atoms with van der Waals surface area (Å²) in [7, 11) is 1.80. The van der Waals surface area contributed by atoms with E-state index in [4.69, 9.17) is 4.52 Å². The second-order valence-electron chi connectivity index (χ2n) is 7.85. The summed E-state index contributed by atoms with van der Waals surface area (Å²) in [4.78, 5) is 6.84. The maximum absolute atomic E-state index is 5.44. The smallest absolute Gasteiger partial charge is 0.191 e. The molecule has 3 rings (SSSR count). The van der Waals surface area contributed by atoms with Crippen LogP contribution in [0.3, 0.4) is 0 Å². The number of piperidine rings is 1. The van der Waals surface area contributed by atoms with Gasteiger partial charge in [0.2, 0.25) is 0 Å². The molecule has 0 radical (unpaired) electrons. The summed E-state index contributed by atoms with van der Waals surface area (Å²) in [5.41, 5.74) is 4.75. The molecule has 2 aromatic rings. The minimum Gasteiger partial charge on any atom is -0.372 e. The Labute approximate surface area is 197 Å². The van der Waals surface area contributed by atoms with E-state index in [1.54, 1.807) is 7.05 Å². The third-order valence-corrected chi connectivity index (χ3v) is 5.81. The molecule has 1 aliphatic rings. The van der Waals surface area contributed by atoms with E-state index >= 15 is 0 Å². The molecular weight excluding hydrogens is 489 g/mol. The maximum Gasteiger partial charge on any atom is 0.191 e. The van der Waals surface area contributed by atoms with Gasteiger partial charge in [0.15, 0.2) is 5.96 Å². The van der Waals surface area contributed by atoms with E-state index in [1.807, 2.05) is 0 Å². The highest BCUT2D eigenvalue weighted by molar-refractivity contribution is 14.0. The topological polar surface area (TPSA) is 65.7 Å². The fourth-order valence-corrected chi connectivity index (χ4v) is 3.81. The van der Waals surface area contributed by atoms with Crippen LogP contribution in [0.2, 0.25) is 0 Å². The van der Waals surface area contributed by atoms with Crippen molar-refractivity contribution in [2.75, 3.05) is 25.0 Å². The molecule has 0 unspecified atom stereocenters. The third-order valence-electron chi connectivity index (χ3n) is 5.81. The molecule has 1 fully saturated rings. The zero-order valence-electron chi connectivity index (χ0n) is 18.7. The van der Waals surface area contributed by atoms with Crippen LogP contribution in [-0.2, 0) is 25.9 Å². The van der Waals surface area contributed by atoms with Crippen LogP contribution in [0.1, 0.15) is 56.2 Å². The van der Waals surface area contributed by atoms with Gasteiger partial charge in [-0.1, -0.05) is 38.1 Å². The normalized spacial score (nSPS) is 15.1. The van der Waals surface area contributed by atoms with Crippen LogP contribution in [0.4, 0.5) is 5.69 Å². The van der Waals surface area contributed by atoms with Crippen molar-refractivity contribution in [2.24, 2.45) is 10.9 Å². The zero-order chi connectivity index (χ0) is 20.6. The number of guanidine groups is 1. The van der Waals surface area contributed by atoms with Gasteiger partial charge in [-0.05, 0) is 42.9 Å². The molecule has 6 nitrogen and oxygen atoms in total. The van der Waals surface area contributed by atoms with E-state index in [0.29, 0.717) is 6.54 Å². The number of hydrogen-bond acceptors (Lipinski definition) is 4. The van der Waals surface area contributed by atoms with Gasteiger partial charge < -0.3 is 20.1 Å². The number of benzene rings is 1. The average Bonchev–Trinajstić information content (AvgIpc) is 3.17. The Morgan fingerprint density at radius 2 is 1.77 bits per heavy atom. The molecule has 1 aromatic heterocycles. The Morgan fingerprint density at radius 3 is 2.37 bits per heavy atom. The predicted octanol–water partition coefficient (Wildman–Crippen LogP) is 4.52. The van der Waals surface area contributed by atoms with Crippen LogP contribution in [0, 0.1) is 5.92 Å². The van der Waals surface area contributed by atoms with Gasteiger partial charge in [-0.15, -0.1) is 24.0 Å². The van der Waals surface area contributed by atoms with E-state index in [9.17, 15) is 0 Å². The highest BCUT2D eigenvalue weighted by Gasteiger charge is 2.16. The molecule has 0 aliphatic carbocycles. The molecule has 1 saturated heterocycles. The number of aliphatic imine (C=N–C) groups is 1. The molecule has 1 aromatic carbocycles. The average molecular weight is 525 g/mol. The standard InChI is InChI=1S/C23H35N5O.HI/c1-5-21-20(22(6-2)29-27-21)16-26-23(24-4)25-15-18-7-9-19(10-8-18)28-13-11-17(3)12-14-28;/h7-10,17H,5-6,11-16H2,1-4H3,(H2,24,25,26);1H. The summed E-state index contributed by atoms with van der Waals surface area (Å²) < 4.78 is 5.44. The lowest BCUT2D eigenvalue weighted by molar-refractivity contribution is 0.380. The van der Waals surface area contributed by atoms with Crippen LogP contribution in [0.5, 0.6) is 0 Å². The third kappa shape index (κ3) is 6.36. The lowest BCUT2D eigenvalue weighted by Crippen LogP contribution is -2.36. The first-order valence-corrected chi connectivity index (χ1v) is 10.9. The summed E-state index contributed by atoms with van der Waals surface area (Å²) in [6, 6.07) is 8.89. The molecule has 0 saturated carbocycles. The van der Waals surface area contributed by atoms with Crippen molar-refractivity contribution in [1.82, 2.24) is 15.8 Å². The fraction of sp³-hybridized carbons (Fsp3) is 0.565. The molecule has 0 atom stereocenters. The predicted molar refractivity (Wildman–Crippen MR) is 135 cm³/mol. The molecule has 1 aliphatic heterocycles. The van der Waals surface area contributed by atoms with Gasteiger partial charge in [-0.3, -0.25) is 4.99 Å². The number of aryl methyl sites for hydroxylation is 2. The highest BCUT2D eigenvalue weighted by atomic mass is 127. The van der Waals surface area contributed by atoms with Gasteiger partial charge in [0, 0.05) is 50.9 Å². The fourth-order valence-electron chi connectivity index (χ4n) is 3.81. The second-order valence-corrected chi connectivity index (χ2v) is 7.85. The van der Waals surface area contributed by atoms with Crippen LogP contribution in [0.15, 0.2) is 33.8 Å². The van der Waals surface area contributed by atoms with Gasteiger partial charge in [0.05, 0.1) is 5.69 Å². The zero-order valence-corrected chi connectivity index (χ0v) is 21.0. The summed E-state index contributed by atoms with van der Waals surface area (Å²) in [6.07, 6.45) is 4.29. The number of nitrogens with zero attached hydrogens (tertiary/aromatic N) is 3. The van der Waals surface area contributed by atoms with Crippen LogP contribution >= 0.6 is 24.0 Å². The van der Waals surface area contributed by atoms with Crippen LogP contribution < -0.4 is 15.5 Å². The second kappa shape index (κ2) is 12.2. The number of aromatic nitrogens is 1. The summed E-state index contributed by atoms with van der Waals surface area (Å²) in [5.74, 6) is 2.59. The summed E-state index contributed by atoms with van der Waals surface area (Å²) in [6.45, 7) is 10.3. The van der Waals surface area contributed by atoms with E-state index in [0.717, 1.165) is 61.4 Å². The lowest BCUT2D eigenvalue weighted by Gasteiger charge is -2.32. The van der Waals surface area contributed by atoms with Gasteiger partial charge in [0.1, 0.15) is 5.76 Å². The van der Waals surface area contributed by atoms with E-state index in [-0.39, 0.29) is 24.0 Å². The van der Waals surface area contributed by atoms with Crippen molar-refractivity contribution >= 4 is 35.6 Å². The van der Waals surface area contributed by atoms with Crippen LogP contribution in [-0.4, -0.2) is 31.3 Å². The first-order valence-electron chi connectivity index (χ1n) is 10.9. The summed E-state index contributed by atoms with van der Waals surface area (Å²) in [5, 5.41) is 11.0. The lowest BCUT2D eigenvalue weighted by atomic mass is 9.99. The van der Waals surface area contributed by atoms with Crippen molar-refractivity contribution in [1.29, 1.82) is 0 Å². The highest BCUT2D eigenvalue weighted by Crippen LogP contribution is 2.23. The molecular formula is C23H36IN5O. The number of halogens is 1. The van der Waals surface area contributed by atoms with Crippen LogP contribution in [0.25, 0.3) is 0 Å². The van der Waals surface area contributed by atoms with E-state index < -0.39 is 0 Å². The number of anilines is 1. The van der Waals surface area contributed by atoms with Crippen molar-refractivity contribution < 1.29 is 4.52 Å². The monoisotopic (exact) mass is 525 g/mol. The van der Waals surface area contributed by atoms with Gasteiger partial charge in [0.25, 0.3) is 0 Å².